The van der Waals surface area contributed by atoms with E-state index >= 15 is 0 Å². The second-order valence-corrected chi connectivity index (χ2v) is 14.1. The van der Waals surface area contributed by atoms with Crippen LogP contribution in [0.15, 0.2) is 71.8 Å². The minimum atomic E-state index is -1.24. The minimum absolute atomic E-state index is 0.135. The van der Waals surface area contributed by atoms with Crippen LogP contribution in [0.5, 0.6) is 0 Å². The highest BCUT2D eigenvalue weighted by molar-refractivity contribution is 8.93. The highest BCUT2D eigenvalue weighted by atomic mass is 33.2. The van der Waals surface area contributed by atoms with Gasteiger partial charge in [-0.2, -0.15) is 9.06 Å². The first-order valence-corrected chi connectivity index (χ1v) is 14.2. The van der Waals surface area contributed by atoms with Crippen molar-refractivity contribution in [3.8, 4) is 11.8 Å². The Kier molecular flexibility index (Phi) is 6.77. The van der Waals surface area contributed by atoms with Crippen molar-refractivity contribution >= 4 is 31.8 Å². The summed E-state index contributed by atoms with van der Waals surface area (Å²) in [4.78, 5) is 28.9. The normalized spacial score (nSPS) is 21.0. The van der Waals surface area contributed by atoms with Crippen LogP contribution in [-0.4, -0.2) is 46.4 Å². The van der Waals surface area contributed by atoms with Crippen LogP contribution in [0.3, 0.4) is 0 Å². The maximum Gasteiger partial charge on any atom is 0.338 e. The van der Waals surface area contributed by atoms with Crippen LogP contribution < -0.4 is 0 Å². The van der Waals surface area contributed by atoms with Crippen molar-refractivity contribution in [2.45, 2.75) is 17.4 Å². The number of esters is 1. The number of hydrogen-bond donors (Lipinski definition) is 1. The lowest BCUT2D eigenvalue weighted by Gasteiger charge is -2.42. The summed E-state index contributed by atoms with van der Waals surface area (Å²) in [7, 11) is 0.577. The summed E-state index contributed by atoms with van der Waals surface area (Å²) < 4.78 is 5.88. The van der Waals surface area contributed by atoms with Gasteiger partial charge in [-0.1, -0.05) is 30.2 Å². The van der Waals surface area contributed by atoms with Gasteiger partial charge in [0.25, 0.3) is 0 Å². The molecule has 1 aliphatic rings. The molecule has 0 spiro atoms. The van der Waals surface area contributed by atoms with Gasteiger partial charge in [-0.05, 0) is 60.4 Å². The molecule has 0 radical (unpaired) electrons. The number of benzene rings is 2. The lowest BCUT2D eigenvalue weighted by molar-refractivity contribution is 0.0346. The molecule has 0 aliphatic carbocycles. The van der Waals surface area contributed by atoms with Crippen molar-refractivity contribution in [1.82, 2.24) is 4.98 Å². The number of rotatable bonds is 4. The van der Waals surface area contributed by atoms with Gasteiger partial charge in [0.2, 0.25) is 0 Å². The molecule has 168 valence electrons. The molecule has 1 aliphatic heterocycles. The Morgan fingerprint density at radius 3 is 2.55 bits per heavy atom. The van der Waals surface area contributed by atoms with E-state index in [0.717, 1.165) is 11.3 Å². The van der Waals surface area contributed by atoms with Crippen molar-refractivity contribution < 1.29 is 19.4 Å². The number of aromatic nitrogens is 1. The van der Waals surface area contributed by atoms with Gasteiger partial charge in [-0.3, -0.25) is 0 Å². The first kappa shape index (κ1) is 23.0. The van der Waals surface area contributed by atoms with E-state index in [-0.39, 0.29) is 17.6 Å². The maximum absolute atomic E-state index is 12.6. The molecule has 0 saturated carbocycles. The SMILES string of the molecule is CSS1(C)CC(OC(=O)c2ccccc2)Cc2ccc(C#Cc3ccc(C(=O)O)cn3)cc21. The predicted molar refractivity (Wildman–Crippen MR) is 133 cm³/mol. The summed E-state index contributed by atoms with van der Waals surface area (Å²) in [6.07, 6.45) is 6.19. The maximum atomic E-state index is 12.6. The molecule has 2 unspecified atom stereocenters. The van der Waals surface area contributed by atoms with E-state index in [9.17, 15) is 9.59 Å². The van der Waals surface area contributed by atoms with Crippen LogP contribution >= 0.6 is 19.9 Å². The summed E-state index contributed by atoms with van der Waals surface area (Å²) in [6.45, 7) is 0. The molecule has 2 aromatic carbocycles. The van der Waals surface area contributed by atoms with Gasteiger partial charge < -0.3 is 9.84 Å². The minimum Gasteiger partial charge on any atom is -0.478 e. The number of carbonyl (C=O) groups is 2. The van der Waals surface area contributed by atoms with E-state index in [1.807, 2.05) is 35.1 Å². The number of nitrogens with zero attached hydrogens (tertiary/aromatic N) is 1. The third kappa shape index (κ3) is 5.24. The smallest absolute Gasteiger partial charge is 0.338 e. The van der Waals surface area contributed by atoms with Crippen molar-refractivity contribution in [1.29, 1.82) is 0 Å². The molecule has 7 heteroatoms. The molecular formula is C26H23NO4S2. The average molecular weight is 478 g/mol. The average Bonchev–Trinajstić information content (AvgIpc) is 2.83. The van der Waals surface area contributed by atoms with Crippen LogP contribution in [0.2, 0.25) is 0 Å². The van der Waals surface area contributed by atoms with Crippen LogP contribution in [0, 0.1) is 11.8 Å². The summed E-state index contributed by atoms with van der Waals surface area (Å²) in [5, 5.41) is 8.99. The highest BCUT2D eigenvalue weighted by Crippen LogP contribution is 2.65. The van der Waals surface area contributed by atoms with Gasteiger partial charge in [-0.25, -0.2) is 14.6 Å². The number of ether oxygens (including phenoxy) is 1. The largest absolute Gasteiger partial charge is 0.478 e. The zero-order chi connectivity index (χ0) is 23.4. The van der Waals surface area contributed by atoms with Gasteiger partial charge in [0.15, 0.2) is 0 Å². The molecule has 4 rings (SSSR count). The molecule has 33 heavy (non-hydrogen) atoms. The fraction of sp³-hybridized carbons (Fsp3) is 0.192. The van der Waals surface area contributed by atoms with E-state index in [1.165, 1.54) is 22.7 Å². The van der Waals surface area contributed by atoms with Gasteiger partial charge in [-0.15, -0.1) is 10.8 Å². The molecule has 0 saturated heterocycles. The summed E-state index contributed by atoms with van der Waals surface area (Å²) >= 11 is 0. The molecule has 1 N–H and O–H groups in total. The Hall–Kier alpha value is -3.21. The van der Waals surface area contributed by atoms with Crippen LogP contribution in [0.4, 0.5) is 0 Å². The van der Waals surface area contributed by atoms with E-state index < -0.39 is 15.0 Å². The third-order valence-electron chi connectivity index (χ3n) is 5.48. The van der Waals surface area contributed by atoms with Gasteiger partial charge in [0.1, 0.15) is 11.8 Å². The number of fused-ring (bicyclic) bond motifs is 1. The molecule has 3 aromatic rings. The second-order valence-electron chi connectivity index (χ2n) is 7.75. The monoisotopic (exact) mass is 477 g/mol. The van der Waals surface area contributed by atoms with Crippen LogP contribution in [0.25, 0.3) is 0 Å². The first-order valence-electron chi connectivity index (χ1n) is 10.3. The zero-order valence-corrected chi connectivity index (χ0v) is 19.9. The Balaban J connectivity index is 1.55. The molecule has 5 nitrogen and oxygen atoms in total. The highest BCUT2D eigenvalue weighted by Gasteiger charge is 2.34. The molecule has 1 aromatic heterocycles. The van der Waals surface area contributed by atoms with E-state index in [4.69, 9.17) is 9.84 Å². The molecular weight excluding hydrogens is 454 g/mol. The molecule has 2 heterocycles. The van der Waals surface area contributed by atoms with Gasteiger partial charge >= 0.3 is 11.9 Å². The number of pyridine rings is 1. The lowest BCUT2D eigenvalue weighted by Crippen LogP contribution is -2.31. The van der Waals surface area contributed by atoms with Crippen LogP contribution in [-0.2, 0) is 11.2 Å². The van der Waals surface area contributed by atoms with Crippen molar-refractivity contribution in [3.05, 3.63) is 94.8 Å². The second kappa shape index (κ2) is 9.74. The summed E-state index contributed by atoms with van der Waals surface area (Å²) in [5.41, 5.74) is 3.29. The molecule has 0 fully saturated rings. The van der Waals surface area contributed by atoms with Gasteiger partial charge in [0.05, 0.1) is 11.1 Å². The molecule has 0 amide bonds. The number of aromatic carboxylic acids is 1. The van der Waals surface area contributed by atoms with E-state index in [0.29, 0.717) is 17.7 Å². The van der Waals surface area contributed by atoms with E-state index in [2.05, 4.69) is 41.5 Å². The summed E-state index contributed by atoms with van der Waals surface area (Å²) in [5.74, 6) is 5.67. The van der Waals surface area contributed by atoms with Crippen LogP contribution in [0.1, 0.15) is 37.5 Å². The predicted octanol–water partition coefficient (Wildman–Crippen LogP) is 5.03. The number of carbonyl (C=O) groups excluding carboxylic acids is 1. The Morgan fingerprint density at radius 1 is 1.09 bits per heavy atom. The Bertz CT molecular complexity index is 1250. The zero-order valence-electron chi connectivity index (χ0n) is 18.3. The number of carboxylic acids is 1. The number of hydrogen-bond acceptors (Lipinski definition) is 5. The van der Waals surface area contributed by atoms with Crippen molar-refractivity contribution in [2.75, 3.05) is 18.3 Å². The van der Waals surface area contributed by atoms with Crippen molar-refractivity contribution in [2.24, 2.45) is 0 Å². The Labute approximate surface area is 198 Å². The summed E-state index contributed by atoms with van der Waals surface area (Å²) in [6, 6.07) is 18.4. The fourth-order valence-electron chi connectivity index (χ4n) is 3.71. The third-order valence-corrected chi connectivity index (χ3v) is 11.7. The topological polar surface area (TPSA) is 76.5 Å². The number of carboxylic acid groups (broad SMARTS) is 1. The fourth-order valence-corrected chi connectivity index (χ4v) is 8.05. The standard InChI is InChI=1S/C26H23NO4S2/c1-32-33(2)17-23(31-26(30)19-6-4-3-5-7-19)15-20-10-8-18(14-24(20)33)9-12-22-13-11-21(16-27-22)25(28)29/h3-8,10-11,13-14,16,23H,15,17H2,1-2H3,(H,28,29). The molecule has 0 bridgehead atoms. The molecule has 2 atom stereocenters. The Morgan fingerprint density at radius 2 is 1.88 bits per heavy atom. The van der Waals surface area contributed by atoms with E-state index in [1.54, 1.807) is 18.2 Å². The van der Waals surface area contributed by atoms with Gasteiger partial charge in [0, 0.05) is 28.8 Å². The van der Waals surface area contributed by atoms with Crippen molar-refractivity contribution in [3.63, 3.8) is 0 Å². The quantitative estimate of drug-likeness (QED) is 0.323. The first-order chi connectivity index (χ1) is 15.9. The lowest BCUT2D eigenvalue weighted by atomic mass is 10.1.